The van der Waals surface area contributed by atoms with Crippen molar-refractivity contribution < 1.29 is 33.8 Å². The summed E-state index contributed by atoms with van der Waals surface area (Å²) in [5.74, 6) is 0.335. The Kier molecular flexibility index (Phi) is 11.5. The summed E-state index contributed by atoms with van der Waals surface area (Å²) in [5.41, 5.74) is 2.94. The molecule has 0 bridgehead atoms. The van der Waals surface area contributed by atoms with Gasteiger partial charge in [0.25, 0.3) is 17.5 Å². The molecule has 3 aliphatic rings. The number of amides is 2. The average Bonchev–Trinajstić information content (AvgIpc) is 3.99. The summed E-state index contributed by atoms with van der Waals surface area (Å²) in [7, 11) is -0.954. The molecule has 344 valence electrons. The minimum atomic E-state index is -2.59. The predicted molar refractivity (Wildman–Crippen MR) is 260 cm³/mol. The first kappa shape index (κ1) is 44.4. The van der Waals surface area contributed by atoms with Crippen LogP contribution in [0.4, 0.5) is 22.7 Å². The number of hydrogen-bond donors (Lipinski definition) is 1. The Morgan fingerprint density at radius 2 is 1.60 bits per heavy atom. The van der Waals surface area contributed by atoms with Gasteiger partial charge in [0.05, 0.1) is 67.9 Å². The monoisotopic (exact) mass is 926 g/mol. The third kappa shape index (κ3) is 7.52. The van der Waals surface area contributed by atoms with Crippen molar-refractivity contribution in [2.45, 2.75) is 62.7 Å². The van der Waals surface area contributed by atoms with E-state index >= 15 is 4.79 Å². The molecule has 5 atom stereocenters. The minimum Gasteiger partial charge on any atom is -0.497 e. The van der Waals surface area contributed by atoms with E-state index < -0.39 is 30.6 Å². The summed E-state index contributed by atoms with van der Waals surface area (Å²) in [6, 6.07) is 44.4. The second kappa shape index (κ2) is 17.6. The van der Waals surface area contributed by atoms with E-state index in [4.69, 9.17) is 14.2 Å². The van der Waals surface area contributed by atoms with Crippen LogP contribution in [0.5, 0.6) is 17.2 Å². The van der Waals surface area contributed by atoms with Gasteiger partial charge in [0.2, 0.25) is 0 Å². The number of rotatable bonds is 13. The molecule has 1 N–H and O–H groups in total. The van der Waals surface area contributed by atoms with Crippen molar-refractivity contribution in [1.82, 2.24) is 15.0 Å². The van der Waals surface area contributed by atoms with Crippen LogP contribution in [0.1, 0.15) is 52.0 Å². The van der Waals surface area contributed by atoms with Gasteiger partial charge in [-0.3, -0.25) is 29.3 Å². The number of carbonyl (C=O) groups excluding carboxylic acids is 2. The molecule has 2 amide bonds. The molecule has 6 aromatic carbocycles. The molecular formula is C53H50N6O8Si. The molecule has 1 saturated heterocycles. The molecule has 1 fully saturated rings. The maximum absolute atomic E-state index is 15.7. The molecule has 4 heterocycles. The van der Waals surface area contributed by atoms with E-state index in [1.807, 2.05) is 103 Å². The lowest BCUT2D eigenvalue weighted by Crippen LogP contribution is -2.51. The number of carbonyl (C=O) groups is 2. The van der Waals surface area contributed by atoms with E-state index in [9.17, 15) is 20.0 Å². The number of methoxy groups -OCH3 is 1. The fourth-order valence-corrected chi connectivity index (χ4v) is 14.8. The van der Waals surface area contributed by atoms with Crippen molar-refractivity contribution in [3.63, 3.8) is 0 Å². The van der Waals surface area contributed by atoms with Gasteiger partial charge in [-0.25, -0.2) is 0 Å². The summed E-state index contributed by atoms with van der Waals surface area (Å²) < 4.78 is 20.9. The number of aliphatic hydroxyl groups is 1. The average molecular weight is 927 g/mol. The summed E-state index contributed by atoms with van der Waals surface area (Å²) in [4.78, 5) is 45.4. The van der Waals surface area contributed by atoms with Crippen LogP contribution in [0.25, 0.3) is 0 Å². The van der Waals surface area contributed by atoms with Crippen LogP contribution in [-0.2, 0) is 28.2 Å². The van der Waals surface area contributed by atoms with Gasteiger partial charge in [-0.2, -0.15) is 0 Å². The largest absolute Gasteiger partial charge is 0.497 e. The summed E-state index contributed by atoms with van der Waals surface area (Å²) in [6.07, 6.45) is 1.82. The summed E-state index contributed by atoms with van der Waals surface area (Å²) in [5, 5.41) is 33.0. The number of non-ortho nitro benzene ring substituents is 1. The van der Waals surface area contributed by atoms with Gasteiger partial charge >= 0.3 is 0 Å². The van der Waals surface area contributed by atoms with E-state index in [2.05, 4.69) is 42.5 Å². The lowest BCUT2D eigenvalue weighted by molar-refractivity contribution is -0.385. The van der Waals surface area contributed by atoms with Gasteiger partial charge in [-0.15, -0.1) is 5.10 Å². The molecule has 10 rings (SSSR count). The second-order valence-corrected chi connectivity index (χ2v) is 22.9. The van der Waals surface area contributed by atoms with E-state index in [-0.39, 0.29) is 42.1 Å². The van der Waals surface area contributed by atoms with Crippen LogP contribution in [-0.4, -0.2) is 64.7 Å². The maximum atomic E-state index is 15.7. The lowest BCUT2D eigenvalue weighted by atomic mass is 9.82. The number of nitro groups is 1. The highest BCUT2D eigenvalue weighted by Gasteiger charge is 2.66. The first-order valence-corrected chi connectivity index (χ1v) is 25.8. The van der Waals surface area contributed by atoms with Crippen molar-refractivity contribution in [1.29, 1.82) is 0 Å². The first-order chi connectivity index (χ1) is 32.9. The number of benzene rings is 6. The summed E-state index contributed by atoms with van der Waals surface area (Å²) in [6.45, 7) is 6.98. The molecule has 1 unspecified atom stereocenters. The Morgan fingerprint density at radius 3 is 2.35 bits per heavy atom. The smallest absolute Gasteiger partial charge is 0.269 e. The zero-order valence-electron chi connectivity index (χ0n) is 38.1. The number of aromatic nitrogens is 3. The highest BCUT2D eigenvalue weighted by atomic mass is 28.3. The maximum Gasteiger partial charge on any atom is 0.269 e. The normalized spacial score (nSPS) is 20.1. The van der Waals surface area contributed by atoms with E-state index in [1.165, 1.54) is 12.1 Å². The molecule has 3 aliphatic heterocycles. The number of anilines is 3. The molecule has 0 saturated carbocycles. The summed E-state index contributed by atoms with van der Waals surface area (Å²) >= 11 is 0. The third-order valence-corrected chi connectivity index (χ3v) is 18.5. The first-order valence-electron chi connectivity index (χ1n) is 22.7. The molecule has 14 nitrogen and oxygen atoms in total. The van der Waals surface area contributed by atoms with Gasteiger partial charge in [0.1, 0.15) is 11.5 Å². The minimum absolute atomic E-state index is 0.0931. The molecule has 1 spiro atoms. The standard InChI is InChI=1S/C53H50N6O8Si/c1-34-50(68(3,4)40-24-22-39(65-2)23-25-40)49(27-28-56-32-44(54-55-56)42(33-60)36-14-6-5-7-15-36)67-53(34)43-30-38(59(63)64)21-26-45(43)57(52(53)62)31-35-13-12-16-37(29-35)58-46-18-9-11-20-48(46)66-47-19-10-8-17-41(47)51(58)61/h5-26,29-30,32,34,42,49-50,60H,27-28,31,33H2,1-4H3/t34-,42?,49+,50-,53+/m1/s1. The molecule has 7 aromatic rings. The second-order valence-electron chi connectivity index (χ2n) is 18.2. The van der Waals surface area contributed by atoms with Crippen molar-refractivity contribution in [3.8, 4) is 17.2 Å². The Hall–Kier alpha value is -7.46. The molecule has 0 aliphatic carbocycles. The molecular weight excluding hydrogens is 877 g/mol. The molecule has 15 heteroatoms. The van der Waals surface area contributed by atoms with Crippen LogP contribution < -0.4 is 24.5 Å². The predicted octanol–water partition coefficient (Wildman–Crippen LogP) is 9.26. The molecule has 1 aromatic heterocycles. The number of ether oxygens (including phenoxy) is 3. The van der Waals surface area contributed by atoms with E-state index in [0.29, 0.717) is 58.3 Å². The SMILES string of the molecule is COc1ccc([Si](C)(C)[C@H]2[C@H](CCn3cc(C(CO)c4ccccc4)nn3)O[C@@]3(C(=O)N(Cc4cccc(N5C(=O)c6ccccc6Oc6ccccc65)c4)c4ccc([N+](=O)[O-])cc43)[C@@H]2C)cc1. The number of fused-ring (bicyclic) bond motifs is 4. The van der Waals surface area contributed by atoms with E-state index in [1.54, 1.807) is 45.9 Å². The van der Waals surface area contributed by atoms with Crippen molar-refractivity contribution >= 4 is 47.8 Å². The zero-order chi connectivity index (χ0) is 47.3. The number of nitro benzene ring substituents is 1. The Bertz CT molecular complexity index is 3050. The van der Waals surface area contributed by atoms with Gasteiger partial charge < -0.3 is 24.2 Å². The fraction of sp³-hybridized carbons (Fsp3) is 0.245. The van der Waals surface area contributed by atoms with Gasteiger partial charge in [0, 0.05) is 42.0 Å². The Balaban J connectivity index is 1.02. The third-order valence-electron chi connectivity index (χ3n) is 14.1. The number of nitrogens with zero attached hydrogens (tertiary/aromatic N) is 6. The lowest BCUT2D eigenvalue weighted by Gasteiger charge is -2.37. The van der Waals surface area contributed by atoms with Crippen molar-refractivity contribution in [2.24, 2.45) is 5.92 Å². The zero-order valence-corrected chi connectivity index (χ0v) is 39.1. The van der Waals surface area contributed by atoms with Crippen LogP contribution in [0.2, 0.25) is 18.6 Å². The highest BCUT2D eigenvalue weighted by Crippen LogP contribution is 2.60. The van der Waals surface area contributed by atoms with Gasteiger partial charge in [-0.05, 0) is 77.7 Å². The van der Waals surface area contributed by atoms with Crippen LogP contribution >= 0.6 is 0 Å². The van der Waals surface area contributed by atoms with Crippen LogP contribution in [0.15, 0.2) is 152 Å². The molecule has 0 radical (unpaired) electrons. The fourth-order valence-electron chi connectivity index (χ4n) is 10.8. The van der Waals surface area contributed by atoms with Crippen LogP contribution in [0, 0.1) is 16.0 Å². The van der Waals surface area contributed by atoms with Gasteiger partial charge in [-0.1, -0.05) is 109 Å². The van der Waals surface area contributed by atoms with E-state index in [0.717, 1.165) is 22.1 Å². The van der Waals surface area contributed by atoms with Gasteiger partial charge in [0.15, 0.2) is 11.4 Å². The Morgan fingerprint density at radius 1 is 0.868 bits per heavy atom. The number of para-hydroxylation sites is 3. The highest BCUT2D eigenvalue weighted by molar-refractivity contribution is 6.91. The molecule has 68 heavy (non-hydrogen) atoms. The van der Waals surface area contributed by atoms with Crippen molar-refractivity contribution in [3.05, 3.63) is 190 Å². The van der Waals surface area contributed by atoms with Crippen molar-refractivity contribution in [2.75, 3.05) is 23.5 Å². The number of aliphatic hydroxyl groups excluding tert-OH is 1. The topological polar surface area (TPSA) is 162 Å². The Labute approximate surface area is 394 Å². The van der Waals surface area contributed by atoms with Crippen LogP contribution in [0.3, 0.4) is 0 Å². The quantitative estimate of drug-likeness (QED) is 0.0670. The number of aryl methyl sites for hydroxylation is 1. The number of hydrogen-bond acceptors (Lipinski definition) is 10.